The highest BCUT2D eigenvalue weighted by molar-refractivity contribution is 7.15. The number of aromatic nitrogens is 1. The Labute approximate surface area is 120 Å². The first-order chi connectivity index (χ1) is 9.70. The topological polar surface area (TPSA) is 68.4 Å². The molecule has 0 fully saturated rings. The van der Waals surface area contributed by atoms with Crippen LogP contribution in [0.1, 0.15) is 16.5 Å². The minimum atomic E-state index is -0.800. The molecular formula is C15H14N2O2S. The second-order valence-corrected chi connectivity index (χ2v) is 5.50. The first-order valence-corrected chi connectivity index (χ1v) is 6.97. The zero-order valence-corrected chi connectivity index (χ0v) is 11.7. The first kappa shape index (κ1) is 12.9. The quantitative estimate of drug-likeness (QED) is 0.776. The zero-order valence-electron chi connectivity index (χ0n) is 10.9. The summed E-state index contributed by atoms with van der Waals surface area (Å²) >= 11 is 1.28. The molecule has 3 aromatic rings. The number of aliphatic hydroxyl groups is 1. The highest BCUT2D eigenvalue weighted by atomic mass is 32.1. The van der Waals surface area contributed by atoms with E-state index in [1.165, 1.54) is 11.3 Å². The van der Waals surface area contributed by atoms with Gasteiger partial charge in [-0.05, 0) is 16.8 Å². The third kappa shape index (κ3) is 2.11. The summed E-state index contributed by atoms with van der Waals surface area (Å²) in [6.07, 6.45) is 0.803. The highest BCUT2D eigenvalue weighted by Gasteiger charge is 2.20. The number of rotatable bonds is 3. The van der Waals surface area contributed by atoms with Gasteiger partial charge in [0.2, 0.25) is 0 Å². The number of nitrogens with zero attached hydrogens (tertiary/aromatic N) is 1. The first-order valence-electron chi connectivity index (χ1n) is 6.15. The summed E-state index contributed by atoms with van der Waals surface area (Å²) in [5, 5.41) is 13.1. The molecule has 0 spiro atoms. The van der Waals surface area contributed by atoms with Gasteiger partial charge < -0.3 is 15.6 Å². The Balaban J connectivity index is 2.22. The van der Waals surface area contributed by atoms with E-state index in [9.17, 15) is 5.11 Å². The molecule has 0 aliphatic carbocycles. The van der Waals surface area contributed by atoms with Gasteiger partial charge in [0.1, 0.15) is 11.9 Å². The van der Waals surface area contributed by atoms with Gasteiger partial charge in [0.15, 0.2) is 5.13 Å². The van der Waals surface area contributed by atoms with Crippen molar-refractivity contribution in [2.45, 2.75) is 6.10 Å². The van der Waals surface area contributed by atoms with Crippen molar-refractivity contribution in [3.8, 4) is 5.75 Å². The Bertz CT molecular complexity index is 754. The van der Waals surface area contributed by atoms with E-state index < -0.39 is 6.10 Å². The molecule has 0 aliphatic heterocycles. The minimum Gasteiger partial charge on any atom is -0.496 e. The van der Waals surface area contributed by atoms with Crippen LogP contribution in [0.3, 0.4) is 0 Å². The van der Waals surface area contributed by atoms with E-state index in [1.807, 2.05) is 36.4 Å². The van der Waals surface area contributed by atoms with Gasteiger partial charge in [0.25, 0.3) is 0 Å². The Morgan fingerprint density at radius 3 is 2.75 bits per heavy atom. The SMILES string of the molecule is COc1ccc2ccccc2c1C(O)c1cnc(N)s1. The molecule has 1 heterocycles. The number of hydrogen-bond acceptors (Lipinski definition) is 5. The van der Waals surface area contributed by atoms with Crippen molar-refractivity contribution in [3.05, 3.63) is 53.0 Å². The average Bonchev–Trinajstić information content (AvgIpc) is 2.92. The maximum Gasteiger partial charge on any atom is 0.180 e. The molecule has 4 nitrogen and oxygen atoms in total. The van der Waals surface area contributed by atoms with Crippen LogP contribution in [0.5, 0.6) is 5.75 Å². The van der Waals surface area contributed by atoms with Crippen LogP contribution >= 0.6 is 11.3 Å². The molecule has 2 aromatic carbocycles. The predicted molar refractivity (Wildman–Crippen MR) is 81.1 cm³/mol. The lowest BCUT2D eigenvalue weighted by molar-refractivity contribution is 0.220. The number of nitrogen functional groups attached to an aromatic ring is 1. The summed E-state index contributed by atoms with van der Waals surface area (Å²) in [5.74, 6) is 0.656. The molecule has 3 rings (SSSR count). The smallest absolute Gasteiger partial charge is 0.180 e. The number of ether oxygens (including phenoxy) is 1. The molecule has 0 amide bonds. The second kappa shape index (κ2) is 5.11. The fourth-order valence-electron chi connectivity index (χ4n) is 2.31. The van der Waals surface area contributed by atoms with Crippen LogP contribution in [-0.4, -0.2) is 17.2 Å². The van der Waals surface area contributed by atoms with Crippen molar-refractivity contribution in [3.63, 3.8) is 0 Å². The molecule has 0 radical (unpaired) electrons. The lowest BCUT2D eigenvalue weighted by Gasteiger charge is -2.16. The van der Waals surface area contributed by atoms with Crippen LogP contribution < -0.4 is 10.5 Å². The number of aliphatic hydroxyl groups excluding tert-OH is 1. The van der Waals surface area contributed by atoms with E-state index in [0.29, 0.717) is 15.8 Å². The number of methoxy groups -OCH3 is 1. The second-order valence-electron chi connectivity index (χ2n) is 4.41. The maximum atomic E-state index is 10.7. The lowest BCUT2D eigenvalue weighted by Crippen LogP contribution is -2.02. The summed E-state index contributed by atoms with van der Waals surface area (Å²) < 4.78 is 5.40. The van der Waals surface area contributed by atoms with Crippen LogP contribution in [0.4, 0.5) is 5.13 Å². The number of fused-ring (bicyclic) bond motifs is 1. The van der Waals surface area contributed by atoms with Gasteiger partial charge in [0, 0.05) is 11.8 Å². The largest absolute Gasteiger partial charge is 0.496 e. The van der Waals surface area contributed by atoms with E-state index in [0.717, 1.165) is 16.3 Å². The van der Waals surface area contributed by atoms with E-state index in [2.05, 4.69) is 4.98 Å². The average molecular weight is 286 g/mol. The van der Waals surface area contributed by atoms with Gasteiger partial charge >= 0.3 is 0 Å². The number of benzene rings is 2. The molecule has 0 saturated heterocycles. The van der Waals surface area contributed by atoms with Crippen LogP contribution in [-0.2, 0) is 0 Å². The Hall–Kier alpha value is -2.11. The Morgan fingerprint density at radius 2 is 2.05 bits per heavy atom. The number of thiazole rings is 1. The Morgan fingerprint density at radius 1 is 1.25 bits per heavy atom. The maximum absolute atomic E-state index is 10.7. The van der Waals surface area contributed by atoms with Gasteiger partial charge in [-0.1, -0.05) is 41.7 Å². The summed E-state index contributed by atoms with van der Waals surface area (Å²) in [6, 6.07) is 11.7. The molecule has 0 aliphatic rings. The molecule has 1 unspecified atom stereocenters. The van der Waals surface area contributed by atoms with Gasteiger partial charge in [-0.3, -0.25) is 0 Å². The normalized spacial score (nSPS) is 12.5. The monoisotopic (exact) mass is 286 g/mol. The zero-order chi connectivity index (χ0) is 14.1. The standard InChI is InChI=1S/C15H14N2O2S/c1-19-11-7-6-9-4-2-3-5-10(9)13(11)14(18)12-8-17-15(16)20-12/h2-8,14,18H,1H3,(H2,16,17). The molecule has 5 heteroatoms. The molecule has 1 aromatic heterocycles. The molecule has 1 atom stereocenters. The van der Waals surface area contributed by atoms with Gasteiger partial charge in [-0.2, -0.15) is 0 Å². The molecule has 102 valence electrons. The molecule has 0 saturated carbocycles. The fourth-order valence-corrected chi connectivity index (χ4v) is 2.99. The van der Waals surface area contributed by atoms with E-state index in [-0.39, 0.29) is 0 Å². The van der Waals surface area contributed by atoms with Crippen LogP contribution in [0.15, 0.2) is 42.6 Å². The van der Waals surface area contributed by atoms with Crippen molar-refractivity contribution in [1.82, 2.24) is 4.98 Å². The van der Waals surface area contributed by atoms with E-state index in [1.54, 1.807) is 13.3 Å². The highest BCUT2D eigenvalue weighted by Crippen LogP contribution is 2.38. The molecule has 3 N–H and O–H groups in total. The van der Waals surface area contributed by atoms with Gasteiger partial charge in [-0.15, -0.1) is 0 Å². The molecular weight excluding hydrogens is 272 g/mol. The summed E-state index contributed by atoms with van der Waals surface area (Å²) in [6.45, 7) is 0. The van der Waals surface area contributed by atoms with E-state index >= 15 is 0 Å². The van der Waals surface area contributed by atoms with Crippen molar-refractivity contribution >= 4 is 27.2 Å². The number of anilines is 1. The summed E-state index contributed by atoms with van der Waals surface area (Å²) in [5.41, 5.74) is 6.39. The van der Waals surface area contributed by atoms with Crippen molar-refractivity contribution in [2.24, 2.45) is 0 Å². The number of hydrogen-bond donors (Lipinski definition) is 2. The summed E-state index contributed by atoms with van der Waals surface area (Å²) in [7, 11) is 1.60. The van der Waals surface area contributed by atoms with Crippen molar-refractivity contribution in [2.75, 3.05) is 12.8 Å². The minimum absolute atomic E-state index is 0.443. The molecule has 20 heavy (non-hydrogen) atoms. The van der Waals surface area contributed by atoms with Crippen LogP contribution in [0.2, 0.25) is 0 Å². The van der Waals surface area contributed by atoms with Crippen molar-refractivity contribution in [1.29, 1.82) is 0 Å². The fraction of sp³-hybridized carbons (Fsp3) is 0.133. The third-order valence-corrected chi connectivity index (χ3v) is 4.11. The summed E-state index contributed by atoms with van der Waals surface area (Å²) in [4.78, 5) is 4.70. The van der Waals surface area contributed by atoms with Gasteiger partial charge in [-0.25, -0.2) is 4.98 Å². The van der Waals surface area contributed by atoms with Crippen LogP contribution in [0.25, 0.3) is 10.8 Å². The number of nitrogens with two attached hydrogens (primary N) is 1. The van der Waals surface area contributed by atoms with Crippen molar-refractivity contribution < 1.29 is 9.84 Å². The third-order valence-electron chi connectivity index (χ3n) is 3.23. The molecule has 0 bridgehead atoms. The predicted octanol–water partition coefficient (Wildman–Crippen LogP) is 2.97. The van der Waals surface area contributed by atoms with E-state index in [4.69, 9.17) is 10.5 Å². The Kier molecular flexibility index (Phi) is 3.30. The van der Waals surface area contributed by atoms with Gasteiger partial charge in [0.05, 0.1) is 12.0 Å². The lowest BCUT2D eigenvalue weighted by atomic mass is 9.98. The van der Waals surface area contributed by atoms with Crippen LogP contribution in [0, 0.1) is 0 Å².